The predicted octanol–water partition coefficient (Wildman–Crippen LogP) is 3.82. The maximum atomic E-state index is 6.00. The van der Waals surface area contributed by atoms with Crippen molar-refractivity contribution >= 4 is 11.6 Å². The Morgan fingerprint density at radius 3 is 2.94 bits per heavy atom. The van der Waals surface area contributed by atoms with Crippen molar-refractivity contribution in [3.8, 4) is 5.75 Å². The van der Waals surface area contributed by atoms with Gasteiger partial charge in [-0.25, -0.2) is 0 Å². The van der Waals surface area contributed by atoms with E-state index in [0.717, 1.165) is 30.2 Å². The van der Waals surface area contributed by atoms with E-state index >= 15 is 0 Å². The molecule has 1 aromatic rings. The summed E-state index contributed by atoms with van der Waals surface area (Å²) >= 11 is 5.95. The molecule has 0 radical (unpaired) electrons. The number of benzene rings is 1. The fraction of sp³-hybridized carbons (Fsp3) is 0.571. The topological polar surface area (TPSA) is 18.5 Å². The van der Waals surface area contributed by atoms with Crippen molar-refractivity contribution in [1.82, 2.24) is 0 Å². The first kappa shape index (κ1) is 11.4. The molecule has 0 amide bonds. The average Bonchev–Trinajstić information content (AvgIpc) is 2.27. The van der Waals surface area contributed by atoms with Crippen LogP contribution in [0.5, 0.6) is 5.75 Å². The first-order chi connectivity index (χ1) is 8.26. The highest BCUT2D eigenvalue weighted by molar-refractivity contribution is 6.30. The Balaban J connectivity index is 1.65. The van der Waals surface area contributed by atoms with Gasteiger partial charge in [0.25, 0.3) is 0 Å². The molecule has 0 aromatic heterocycles. The standard InChI is InChI=1S/C14H17ClO2/c15-11-3-1-4-12(9-11)17-13-5-8-16-14(10-13)6-2-7-14/h1,3-4,9,13H,2,5-8,10H2. The molecule has 0 N–H and O–H groups in total. The van der Waals surface area contributed by atoms with E-state index < -0.39 is 0 Å². The molecule has 1 unspecified atom stereocenters. The summed E-state index contributed by atoms with van der Waals surface area (Å²) in [6.07, 6.45) is 5.98. The summed E-state index contributed by atoms with van der Waals surface area (Å²) in [5, 5.41) is 0.730. The Hall–Kier alpha value is -0.730. The highest BCUT2D eigenvalue weighted by atomic mass is 35.5. The summed E-state index contributed by atoms with van der Waals surface area (Å²) in [4.78, 5) is 0. The minimum absolute atomic E-state index is 0.140. The zero-order valence-electron chi connectivity index (χ0n) is 9.82. The fourth-order valence-corrected chi connectivity index (χ4v) is 2.92. The van der Waals surface area contributed by atoms with E-state index in [1.54, 1.807) is 0 Å². The molecular weight excluding hydrogens is 236 g/mol. The summed E-state index contributed by atoms with van der Waals surface area (Å²) in [6.45, 7) is 0.825. The highest BCUT2D eigenvalue weighted by Crippen LogP contribution is 2.43. The minimum Gasteiger partial charge on any atom is -0.490 e. The van der Waals surface area contributed by atoms with Gasteiger partial charge in [0.2, 0.25) is 0 Å². The summed E-state index contributed by atoms with van der Waals surface area (Å²) < 4.78 is 11.9. The van der Waals surface area contributed by atoms with Crippen LogP contribution in [0.4, 0.5) is 0 Å². The lowest BCUT2D eigenvalue weighted by Crippen LogP contribution is -2.48. The van der Waals surface area contributed by atoms with Gasteiger partial charge in [-0.1, -0.05) is 17.7 Å². The van der Waals surface area contributed by atoms with Crippen LogP contribution >= 0.6 is 11.6 Å². The number of ether oxygens (including phenoxy) is 2. The van der Waals surface area contributed by atoms with Crippen LogP contribution in [0.1, 0.15) is 32.1 Å². The maximum absolute atomic E-state index is 6.00. The molecule has 2 fully saturated rings. The zero-order valence-corrected chi connectivity index (χ0v) is 10.6. The molecule has 2 aliphatic rings. The largest absolute Gasteiger partial charge is 0.490 e. The monoisotopic (exact) mass is 252 g/mol. The van der Waals surface area contributed by atoms with Crippen LogP contribution in [-0.4, -0.2) is 18.3 Å². The number of halogens is 1. The summed E-state index contributed by atoms with van der Waals surface area (Å²) in [5.41, 5.74) is 0.140. The Morgan fingerprint density at radius 1 is 1.35 bits per heavy atom. The second kappa shape index (κ2) is 4.51. The second-order valence-corrected chi connectivity index (χ2v) is 5.51. The van der Waals surface area contributed by atoms with Crippen LogP contribution in [0, 0.1) is 0 Å². The van der Waals surface area contributed by atoms with Crippen molar-refractivity contribution in [2.24, 2.45) is 0 Å². The van der Waals surface area contributed by atoms with Gasteiger partial charge in [0.1, 0.15) is 11.9 Å². The quantitative estimate of drug-likeness (QED) is 0.797. The molecule has 1 saturated carbocycles. The van der Waals surface area contributed by atoms with Crippen molar-refractivity contribution in [2.45, 2.75) is 43.8 Å². The number of hydrogen-bond acceptors (Lipinski definition) is 2. The molecule has 1 aromatic carbocycles. The predicted molar refractivity (Wildman–Crippen MR) is 67.6 cm³/mol. The molecule has 3 rings (SSSR count). The SMILES string of the molecule is Clc1cccc(OC2CCOC3(CCC3)C2)c1. The van der Waals surface area contributed by atoms with Gasteiger partial charge in [-0.15, -0.1) is 0 Å². The van der Waals surface area contributed by atoms with E-state index in [1.807, 2.05) is 24.3 Å². The van der Waals surface area contributed by atoms with Crippen LogP contribution in [0.2, 0.25) is 5.02 Å². The fourth-order valence-electron chi connectivity index (χ4n) is 2.74. The zero-order chi connectivity index (χ0) is 11.7. The second-order valence-electron chi connectivity index (χ2n) is 5.08. The normalized spacial score (nSPS) is 26.5. The van der Waals surface area contributed by atoms with Gasteiger partial charge < -0.3 is 9.47 Å². The Labute approximate surface area is 107 Å². The molecule has 17 heavy (non-hydrogen) atoms. The van der Waals surface area contributed by atoms with Crippen LogP contribution in [0.3, 0.4) is 0 Å². The molecule has 2 nitrogen and oxygen atoms in total. The first-order valence-corrected chi connectivity index (χ1v) is 6.70. The third kappa shape index (κ3) is 2.43. The average molecular weight is 253 g/mol. The molecule has 1 aliphatic carbocycles. The maximum Gasteiger partial charge on any atom is 0.121 e. The van der Waals surface area contributed by atoms with E-state index in [1.165, 1.54) is 19.3 Å². The van der Waals surface area contributed by atoms with Crippen molar-refractivity contribution in [2.75, 3.05) is 6.61 Å². The number of rotatable bonds is 2. The highest BCUT2D eigenvalue weighted by Gasteiger charge is 2.43. The van der Waals surface area contributed by atoms with Crippen molar-refractivity contribution in [3.05, 3.63) is 29.3 Å². The summed E-state index contributed by atoms with van der Waals surface area (Å²) in [6, 6.07) is 7.64. The molecule has 1 aliphatic heterocycles. The lowest BCUT2D eigenvalue weighted by atomic mass is 9.74. The van der Waals surface area contributed by atoms with Crippen LogP contribution < -0.4 is 4.74 Å². The van der Waals surface area contributed by atoms with Gasteiger partial charge in [0, 0.05) is 17.9 Å². The first-order valence-electron chi connectivity index (χ1n) is 6.32. The Kier molecular flexibility index (Phi) is 3.01. The van der Waals surface area contributed by atoms with Gasteiger partial charge in [-0.2, -0.15) is 0 Å². The molecule has 1 atom stereocenters. The molecule has 1 spiro atoms. The molecular formula is C14H17ClO2. The lowest BCUT2D eigenvalue weighted by Gasteiger charge is -2.46. The van der Waals surface area contributed by atoms with Crippen molar-refractivity contribution in [1.29, 1.82) is 0 Å². The van der Waals surface area contributed by atoms with Crippen molar-refractivity contribution in [3.63, 3.8) is 0 Å². The van der Waals surface area contributed by atoms with Crippen molar-refractivity contribution < 1.29 is 9.47 Å². The van der Waals surface area contributed by atoms with Crippen LogP contribution in [0.25, 0.3) is 0 Å². The van der Waals surface area contributed by atoms with E-state index in [2.05, 4.69) is 0 Å². The lowest BCUT2D eigenvalue weighted by molar-refractivity contribution is -0.153. The Bertz CT molecular complexity index is 401. The minimum atomic E-state index is 0.140. The summed E-state index contributed by atoms with van der Waals surface area (Å²) in [5.74, 6) is 0.874. The molecule has 1 saturated heterocycles. The van der Waals surface area contributed by atoms with Gasteiger partial charge in [0.15, 0.2) is 0 Å². The third-order valence-corrected chi connectivity index (χ3v) is 4.05. The third-order valence-electron chi connectivity index (χ3n) is 3.81. The van der Waals surface area contributed by atoms with Gasteiger partial charge >= 0.3 is 0 Å². The van der Waals surface area contributed by atoms with Crippen LogP contribution in [-0.2, 0) is 4.74 Å². The number of hydrogen-bond donors (Lipinski definition) is 0. The molecule has 3 heteroatoms. The van der Waals surface area contributed by atoms with E-state index in [0.29, 0.717) is 0 Å². The molecule has 92 valence electrons. The van der Waals surface area contributed by atoms with Gasteiger partial charge in [0.05, 0.1) is 12.2 Å². The Morgan fingerprint density at radius 2 is 2.24 bits per heavy atom. The van der Waals surface area contributed by atoms with Gasteiger partial charge in [-0.05, 0) is 37.5 Å². The van der Waals surface area contributed by atoms with E-state index in [9.17, 15) is 0 Å². The van der Waals surface area contributed by atoms with E-state index in [-0.39, 0.29) is 11.7 Å². The smallest absolute Gasteiger partial charge is 0.121 e. The molecule has 1 heterocycles. The van der Waals surface area contributed by atoms with Gasteiger partial charge in [-0.3, -0.25) is 0 Å². The van der Waals surface area contributed by atoms with Crippen LogP contribution in [0.15, 0.2) is 24.3 Å². The molecule has 0 bridgehead atoms. The van der Waals surface area contributed by atoms with E-state index in [4.69, 9.17) is 21.1 Å². The summed E-state index contributed by atoms with van der Waals surface area (Å²) in [7, 11) is 0.